The van der Waals surface area contributed by atoms with Crippen molar-refractivity contribution in [2.75, 3.05) is 0 Å². The first-order valence-corrected chi connectivity index (χ1v) is 5.25. The molecule has 0 spiro atoms. The molecule has 2 aromatic heterocycles. The molecular weight excluding hydrogens is 220 g/mol. The maximum atomic E-state index is 10.5. The molecule has 0 saturated carbocycles. The molecule has 5 heteroatoms. The minimum Gasteiger partial charge on any atom is -0.481 e. The van der Waals surface area contributed by atoms with E-state index < -0.39 is 5.97 Å². The molecule has 0 atom stereocenters. The third-order valence-corrected chi connectivity index (χ3v) is 2.26. The van der Waals surface area contributed by atoms with E-state index in [4.69, 9.17) is 9.52 Å². The summed E-state index contributed by atoms with van der Waals surface area (Å²) in [6.07, 6.45) is 1.96. The summed E-state index contributed by atoms with van der Waals surface area (Å²) in [5.41, 5.74) is 0.675. The monoisotopic (exact) mass is 232 g/mol. The molecule has 5 nitrogen and oxygen atoms in total. The van der Waals surface area contributed by atoms with Gasteiger partial charge in [-0.25, -0.2) is 9.97 Å². The van der Waals surface area contributed by atoms with Crippen molar-refractivity contribution >= 4 is 5.97 Å². The summed E-state index contributed by atoms with van der Waals surface area (Å²) in [6.45, 7) is 1.86. The second-order valence-corrected chi connectivity index (χ2v) is 3.66. The fourth-order valence-electron chi connectivity index (χ4n) is 1.45. The van der Waals surface area contributed by atoms with E-state index in [0.717, 1.165) is 5.76 Å². The van der Waals surface area contributed by atoms with Crippen molar-refractivity contribution in [3.8, 4) is 11.5 Å². The first-order chi connectivity index (χ1) is 8.15. The Bertz CT molecular complexity index is 534. The number of aromatic nitrogens is 2. The van der Waals surface area contributed by atoms with E-state index in [9.17, 15) is 4.79 Å². The number of rotatable bonds is 4. The Kier molecular flexibility index (Phi) is 3.18. The minimum absolute atomic E-state index is 0.0284. The zero-order chi connectivity index (χ0) is 12.3. The van der Waals surface area contributed by atoms with E-state index in [-0.39, 0.29) is 6.42 Å². The summed E-state index contributed by atoms with van der Waals surface area (Å²) >= 11 is 0. The second kappa shape index (κ2) is 4.78. The van der Waals surface area contributed by atoms with Crippen molar-refractivity contribution in [2.45, 2.75) is 19.8 Å². The highest BCUT2D eigenvalue weighted by atomic mass is 16.4. The summed E-state index contributed by atoms with van der Waals surface area (Å²) in [4.78, 5) is 18.7. The smallest absolute Gasteiger partial charge is 0.303 e. The van der Waals surface area contributed by atoms with Gasteiger partial charge < -0.3 is 9.52 Å². The zero-order valence-corrected chi connectivity index (χ0v) is 9.38. The molecule has 1 N–H and O–H groups in total. The van der Waals surface area contributed by atoms with Gasteiger partial charge in [0.25, 0.3) is 0 Å². The van der Waals surface area contributed by atoms with Gasteiger partial charge in [-0.3, -0.25) is 4.79 Å². The van der Waals surface area contributed by atoms with E-state index in [1.165, 1.54) is 0 Å². The number of aryl methyl sites for hydroxylation is 2. The maximum Gasteiger partial charge on any atom is 0.303 e. The summed E-state index contributed by atoms with van der Waals surface area (Å²) in [7, 11) is 0. The van der Waals surface area contributed by atoms with Crippen LogP contribution in [0.4, 0.5) is 0 Å². The predicted octanol–water partition coefficient (Wildman–Crippen LogP) is 2.06. The number of carbonyl (C=O) groups is 1. The Morgan fingerprint density at radius 3 is 2.88 bits per heavy atom. The van der Waals surface area contributed by atoms with E-state index in [2.05, 4.69) is 9.97 Å². The molecule has 0 aromatic carbocycles. The largest absolute Gasteiger partial charge is 0.481 e. The predicted molar refractivity (Wildman–Crippen MR) is 60.4 cm³/mol. The summed E-state index contributed by atoms with van der Waals surface area (Å²) in [5.74, 6) is 1.14. The maximum absolute atomic E-state index is 10.5. The lowest BCUT2D eigenvalue weighted by atomic mass is 10.2. The van der Waals surface area contributed by atoms with Crippen LogP contribution in [-0.4, -0.2) is 21.0 Å². The number of hydrogen-bond acceptors (Lipinski definition) is 4. The summed E-state index contributed by atoms with van der Waals surface area (Å²) in [5, 5.41) is 8.59. The highest BCUT2D eigenvalue weighted by Gasteiger charge is 2.07. The van der Waals surface area contributed by atoms with Crippen LogP contribution in [0.2, 0.25) is 0 Å². The summed E-state index contributed by atoms with van der Waals surface area (Å²) in [6, 6.07) is 5.43. The Morgan fingerprint density at radius 2 is 2.24 bits per heavy atom. The number of hydrogen-bond donors (Lipinski definition) is 1. The highest BCUT2D eigenvalue weighted by molar-refractivity contribution is 5.66. The number of carboxylic acid groups (broad SMARTS) is 1. The number of nitrogens with zero attached hydrogens (tertiary/aromatic N) is 2. The molecule has 0 aliphatic carbocycles. The number of furan rings is 1. The molecule has 0 radical (unpaired) electrons. The van der Waals surface area contributed by atoms with Crippen LogP contribution in [0.15, 0.2) is 28.8 Å². The standard InChI is InChI=1S/C12H12N2O3/c1-8-2-3-10(17-8)9-6-7-13-11(14-9)4-5-12(15)16/h2-3,6-7H,4-5H2,1H3,(H,15,16). The summed E-state index contributed by atoms with van der Waals surface area (Å²) < 4.78 is 5.44. The normalized spacial score (nSPS) is 10.4. The lowest BCUT2D eigenvalue weighted by molar-refractivity contribution is -0.137. The van der Waals surface area contributed by atoms with Gasteiger partial charge in [-0.1, -0.05) is 0 Å². The van der Waals surface area contributed by atoms with Crippen molar-refractivity contribution in [1.82, 2.24) is 9.97 Å². The zero-order valence-electron chi connectivity index (χ0n) is 9.38. The molecule has 17 heavy (non-hydrogen) atoms. The Morgan fingerprint density at radius 1 is 1.41 bits per heavy atom. The molecule has 88 valence electrons. The van der Waals surface area contributed by atoms with Crippen LogP contribution >= 0.6 is 0 Å². The molecular formula is C12H12N2O3. The Hall–Kier alpha value is -2.17. The molecule has 0 saturated heterocycles. The van der Waals surface area contributed by atoms with Gasteiger partial charge in [-0.05, 0) is 25.1 Å². The number of aliphatic carboxylic acids is 1. The van der Waals surface area contributed by atoms with Crippen LogP contribution in [0.1, 0.15) is 18.0 Å². The minimum atomic E-state index is -0.854. The first-order valence-electron chi connectivity index (χ1n) is 5.25. The molecule has 0 fully saturated rings. The average molecular weight is 232 g/mol. The Balaban J connectivity index is 2.19. The lowest BCUT2D eigenvalue weighted by Crippen LogP contribution is -2.01. The van der Waals surface area contributed by atoms with Crippen molar-refractivity contribution in [3.63, 3.8) is 0 Å². The molecule has 0 aliphatic heterocycles. The van der Waals surface area contributed by atoms with Crippen molar-refractivity contribution in [3.05, 3.63) is 36.0 Å². The molecule has 2 aromatic rings. The van der Waals surface area contributed by atoms with E-state index in [1.54, 1.807) is 12.3 Å². The SMILES string of the molecule is Cc1ccc(-c2ccnc(CCC(=O)O)n2)o1. The first kappa shape index (κ1) is 11.3. The van der Waals surface area contributed by atoms with E-state index in [0.29, 0.717) is 23.7 Å². The van der Waals surface area contributed by atoms with E-state index in [1.807, 2.05) is 19.1 Å². The van der Waals surface area contributed by atoms with Gasteiger partial charge in [0.1, 0.15) is 17.3 Å². The van der Waals surface area contributed by atoms with Gasteiger partial charge in [0.15, 0.2) is 5.76 Å². The van der Waals surface area contributed by atoms with Gasteiger partial charge in [0.2, 0.25) is 0 Å². The fraction of sp³-hybridized carbons (Fsp3) is 0.250. The van der Waals surface area contributed by atoms with Crippen LogP contribution in [0.5, 0.6) is 0 Å². The van der Waals surface area contributed by atoms with Crippen LogP contribution in [0, 0.1) is 6.92 Å². The van der Waals surface area contributed by atoms with Gasteiger partial charge >= 0.3 is 5.97 Å². The van der Waals surface area contributed by atoms with E-state index >= 15 is 0 Å². The van der Waals surface area contributed by atoms with Crippen LogP contribution < -0.4 is 0 Å². The quantitative estimate of drug-likeness (QED) is 0.873. The van der Waals surface area contributed by atoms with Gasteiger partial charge in [0, 0.05) is 12.6 Å². The topological polar surface area (TPSA) is 76.2 Å². The second-order valence-electron chi connectivity index (χ2n) is 3.66. The average Bonchev–Trinajstić information content (AvgIpc) is 2.74. The van der Waals surface area contributed by atoms with Gasteiger partial charge in [0.05, 0.1) is 6.42 Å². The number of carboxylic acids is 1. The third kappa shape index (κ3) is 2.90. The van der Waals surface area contributed by atoms with Gasteiger partial charge in [-0.15, -0.1) is 0 Å². The highest BCUT2D eigenvalue weighted by Crippen LogP contribution is 2.19. The van der Waals surface area contributed by atoms with Crippen LogP contribution in [0.25, 0.3) is 11.5 Å². The molecule has 2 rings (SSSR count). The van der Waals surface area contributed by atoms with Crippen LogP contribution in [-0.2, 0) is 11.2 Å². The fourth-order valence-corrected chi connectivity index (χ4v) is 1.45. The molecule has 2 heterocycles. The van der Waals surface area contributed by atoms with Crippen molar-refractivity contribution < 1.29 is 14.3 Å². The Labute approximate surface area is 98.1 Å². The lowest BCUT2D eigenvalue weighted by Gasteiger charge is -2.00. The van der Waals surface area contributed by atoms with Crippen molar-refractivity contribution in [2.24, 2.45) is 0 Å². The molecule has 0 amide bonds. The van der Waals surface area contributed by atoms with Gasteiger partial charge in [-0.2, -0.15) is 0 Å². The van der Waals surface area contributed by atoms with Crippen LogP contribution in [0.3, 0.4) is 0 Å². The molecule has 0 bridgehead atoms. The molecule has 0 aliphatic rings. The molecule has 0 unspecified atom stereocenters. The van der Waals surface area contributed by atoms with Crippen molar-refractivity contribution in [1.29, 1.82) is 0 Å². The third-order valence-electron chi connectivity index (χ3n) is 2.26.